The second-order valence-corrected chi connectivity index (χ2v) is 10.4. The molecule has 1 N–H and O–H groups in total. The highest BCUT2D eigenvalue weighted by molar-refractivity contribution is 5.88. The first-order valence-electron chi connectivity index (χ1n) is 13.7. The van der Waals surface area contributed by atoms with Crippen molar-refractivity contribution in [3.05, 3.63) is 82.8 Å². The summed E-state index contributed by atoms with van der Waals surface area (Å²) in [5.41, 5.74) is 1.93. The van der Waals surface area contributed by atoms with Crippen molar-refractivity contribution in [3.63, 3.8) is 0 Å². The second-order valence-electron chi connectivity index (χ2n) is 10.4. The van der Waals surface area contributed by atoms with Crippen LogP contribution in [0.15, 0.2) is 48.5 Å². The molecule has 10 nitrogen and oxygen atoms in total. The molecule has 0 saturated carbocycles. The molecular weight excluding hydrogens is 527 g/mol. The molecule has 0 spiro atoms. The summed E-state index contributed by atoms with van der Waals surface area (Å²) in [5, 5.41) is 9.43. The molecule has 41 heavy (non-hydrogen) atoms. The van der Waals surface area contributed by atoms with Crippen LogP contribution in [0.2, 0.25) is 0 Å². The van der Waals surface area contributed by atoms with Crippen LogP contribution in [0.3, 0.4) is 0 Å². The first-order chi connectivity index (χ1) is 20.0. The quantitative estimate of drug-likeness (QED) is 0.286. The summed E-state index contributed by atoms with van der Waals surface area (Å²) in [6, 6.07) is 13.1. The molecule has 0 bridgehead atoms. The number of pyridine rings is 2. The number of anilines is 1. The topological polar surface area (TPSA) is 107 Å². The molecule has 1 aromatic carbocycles. The Morgan fingerprint density at radius 1 is 1.12 bits per heavy atom. The lowest BCUT2D eigenvalue weighted by atomic mass is 9.93. The van der Waals surface area contributed by atoms with Gasteiger partial charge in [0.25, 0.3) is 0 Å². The first kappa shape index (κ1) is 26.7. The van der Waals surface area contributed by atoms with Gasteiger partial charge in [0.2, 0.25) is 5.88 Å². The highest BCUT2D eigenvalue weighted by Gasteiger charge is 2.26. The van der Waals surface area contributed by atoms with Crippen LogP contribution in [0.5, 0.6) is 5.88 Å². The van der Waals surface area contributed by atoms with Crippen LogP contribution in [0.1, 0.15) is 41.1 Å². The summed E-state index contributed by atoms with van der Waals surface area (Å²) in [6.07, 6.45) is 3.73. The van der Waals surface area contributed by atoms with E-state index in [1.165, 1.54) is 12.1 Å². The number of carboxylic acids is 1. The predicted octanol–water partition coefficient (Wildman–Crippen LogP) is 5.04. The molecule has 210 valence electrons. The molecule has 0 aliphatic carbocycles. The Labute approximate surface area is 236 Å². The molecule has 4 aromatic rings. The number of imidazole rings is 1. The Hall–Kier alpha value is -4.56. The molecule has 3 aromatic heterocycles. The number of halogens is 1. The van der Waals surface area contributed by atoms with E-state index in [2.05, 4.69) is 19.7 Å². The number of aromatic carboxylic acids is 1. The third-order valence-electron chi connectivity index (χ3n) is 7.73. The van der Waals surface area contributed by atoms with E-state index in [1.54, 1.807) is 24.3 Å². The third-order valence-corrected chi connectivity index (χ3v) is 7.73. The van der Waals surface area contributed by atoms with Crippen LogP contribution in [0, 0.1) is 18.3 Å². The van der Waals surface area contributed by atoms with Gasteiger partial charge in [-0.3, -0.25) is 0 Å². The van der Waals surface area contributed by atoms with E-state index in [-0.39, 0.29) is 24.1 Å². The van der Waals surface area contributed by atoms with Gasteiger partial charge in [0.1, 0.15) is 29.6 Å². The number of rotatable bonds is 9. The highest BCUT2D eigenvalue weighted by atomic mass is 19.1. The lowest BCUT2D eigenvalue weighted by Gasteiger charge is -2.33. The molecule has 2 fully saturated rings. The summed E-state index contributed by atoms with van der Waals surface area (Å²) < 4.78 is 27.7. The summed E-state index contributed by atoms with van der Waals surface area (Å²) in [4.78, 5) is 30.9. The fourth-order valence-electron chi connectivity index (χ4n) is 5.31. The summed E-state index contributed by atoms with van der Waals surface area (Å²) in [5.74, 6) is 1.02. The van der Waals surface area contributed by atoms with Crippen molar-refractivity contribution in [2.75, 3.05) is 24.6 Å². The lowest BCUT2D eigenvalue weighted by Crippen LogP contribution is -2.35. The number of carbonyl (C=O) groups is 1. The van der Waals surface area contributed by atoms with Crippen molar-refractivity contribution in [1.29, 1.82) is 0 Å². The second kappa shape index (κ2) is 11.5. The average Bonchev–Trinajstić information content (AvgIpc) is 3.30. The van der Waals surface area contributed by atoms with E-state index in [0.29, 0.717) is 35.1 Å². The molecule has 2 saturated heterocycles. The minimum atomic E-state index is -1.06. The van der Waals surface area contributed by atoms with Gasteiger partial charge in [-0.2, -0.15) is 4.98 Å². The van der Waals surface area contributed by atoms with Gasteiger partial charge >= 0.3 is 5.97 Å². The number of hydrogen-bond donors (Lipinski definition) is 1. The van der Waals surface area contributed by atoms with E-state index in [1.807, 2.05) is 16.7 Å². The molecule has 0 unspecified atom stereocenters. The van der Waals surface area contributed by atoms with E-state index in [4.69, 9.17) is 21.0 Å². The zero-order chi connectivity index (χ0) is 28.3. The maximum atomic E-state index is 14.2. The van der Waals surface area contributed by atoms with Crippen LogP contribution >= 0.6 is 0 Å². The SMILES string of the molecule is [C-]#[N+]c1ccc(COc2cccc(N3CCC(Cc4nc5ccc(C(=O)O)nc5n4C[C@@H]4CCO4)CC3)n2)c(F)c1. The molecule has 0 amide bonds. The smallest absolute Gasteiger partial charge is 0.354 e. The van der Waals surface area contributed by atoms with Crippen molar-refractivity contribution in [2.24, 2.45) is 5.92 Å². The Kier molecular flexibility index (Phi) is 7.48. The third kappa shape index (κ3) is 5.83. The van der Waals surface area contributed by atoms with E-state index >= 15 is 0 Å². The minimum absolute atomic E-state index is 0.00915. The van der Waals surface area contributed by atoms with Crippen molar-refractivity contribution < 1.29 is 23.8 Å². The highest BCUT2D eigenvalue weighted by Crippen LogP contribution is 2.28. The average molecular weight is 557 g/mol. The summed E-state index contributed by atoms with van der Waals surface area (Å²) >= 11 is 0. The Bertz CT molecular complexity index is 1620. The Morgan fingerprint density at radius 3 is 2.66 bits per heavy atom. The fraction of sp³-hybridized carbons (Fsp3) is 0.367. The van der Waals surface area contributed by atoms with Gasteiger partial charge in [-0.25, -0.2) is 24.0 Å². The number of hydrogen-bond acceptors (Lipinski definition) is 7. The van der Waals surface area contributed by atoms with Crippen LogP contribution < -0.4 is 9.64 Å². The molecule has 1 atom stereocenters. The van der Waals surface area contributed by atoms with Gasteiger partial charge in [-0.15, -0.1) is 0 Å². The van der Waals surface area contributed by atoms with Crippen LogP contribution in [-0.4, -0.2) is 56.4 Å². The van der Waals surface area contributed by atoms with E-state index < -0.39 is 11.8 Å². The molecule has 6 rings (SSSR count). The van der Waals surface area contributed by atoms with Crippen molar-refractivity contribution in [1.82, 2.24) is 19.5 Å². The molecule has 0 radical (unpaired) electrons. The van der Waals surface area contributed by atoms with E-state index in [0.717, 1.165) is 57.0 Å². The number of fused-ring (bicyclic) bond motifs is 1. The monoisotopic (exact) mass is 556 g/mol. The normalized spacial score (nSPS) is 17.3. The number of nitrogens with zero attached hydrogens (tertiary/aromatic N) is 6. The largest absolute Gasteiger partial charge is 0.477 e. The number of benzene rings is 1. The van der Waals surface area contributed by atoms with Crippen molar-refractivity contribution in [2.45, 2.75) is 44.9 Å². The predicted molar refractivity (Wildman–Crippen MR) is 149 cm³/mol. The van der Waals surface area contributed by atoms with Gasteiger partial charge < -0.3 is 24.0 Å². The maximum Gasteiger partial charge on any atom is 0.354 e. The summed E-state index contributed by atoms with van der Waals surface area (Å²) in [7, 11) is 0. The van der Waals surface area contributed by atoms with Gasteiger partial charge in [-0.1, -0.05) is 18.2 Å². The lowest BCUT2D eigenvalue weighted by molar-refractivity contribution is -0.0591. The first-order valence-corrected chi connectivity index (χ1v) is 13.7. The Morgan fingerprint density at radius 2 is 1.95 bits per heavy atom. The summed E-state index contributed by atoms with van der Waals surface area (Å²) in [6.45, 7) is 10.0. The van der Waals surface area contributed by atoms with Gasteiger partial charge in [0.15, 0.2) is 17.0 Å². The standard InChI is InChI=1S/C30H29FN6O4/c1-32-21-6-5-20(23(31)16-21)18-41-28-4-2-3-26(35-28)36-12-9-19(10-13-36)15-27-33-24-7-8-25(30(38)39)34-29(24)37(27)17-22-11-14-40-22/h2-8,16,19,22H,9-15,17-18H2,(H,38,39)/t22-/m0/s1. The zero-order valence-corrected chi connectivity index (χ0v) is 22.4. The fourth-order valence-corrected chi connectivity index (χ4v) is 5.31. The van der Waals surface area contributed by atoms with Crippen LogP contribution in [0.25, 0.3) is 16.0 Å². The van der Waals surface area contributed by atoms with Crippen molar-refractivity contribution >= 4 is 28.6 Å². The molecular formula is C30H29FN6O4. The van der Waals surface area contributed by atoms with Gasteiger partial charge in [-0.05, 0) is 49.4 Å². The van der Waals surface area contributed by atoms with Crippen molar-refractivity contribution in [3.8, 4) is 5.88 Å². The number of carboxylic acid groups (broad SMARTS) is 1. The van der Waals surface area contributed by atoms with Gasteiger partial charge in [0, 0.05) is 37.7 Å². The van der Waals surface area contributed by atoms with Crippen LogP contribution in [-0.2, 0) is 24.3 Å². The molecule has 2 aliphatic rings. The molecule has 11 heteroatoms. The Balaban J connectivity index is 1.10. The van der Waals surface area contributed by atoms with Crippen LogP contribution in [0.4, 0.5) is 15.9 Å². The maximum absolute atomic E-state index is 14.2. The number of ether oxygens (including phenoxy) is 2. The number of aromatic nitrogens is 4. The number of piperidine rings is 1. The van der Waals surface area contributed by atoms with Gasteiger partial charge in [0.05, 0.1) is 19.2 Å². The molecule has 5 heterocycles. The zero-order valence-electron chi connectivity index (χ0n) is 22.4. The van der Waals surface area contributed by atoms with E-state index in [9.17, 15) is 14.3 Å². The minimum Gasteiger partial charge on any atom is -0.477 e. The molecule has 2 aliphatic heterocycles.